The Labute approximate surface area is 159 Å². The van der Waals surface area contributed by atoms with Crippen molar-refractivity contribution in [3.63, 3.8) is 0 Å². The summed E-state index contributed by atoms with van der Waals surface area (Å²) in [5, 5.41) is 3.52. The summed E-state index contributed by atoms with van der Waals surface area (Å²) in [4.78, 5) is 27.3. The fourth-order valence-corrected chi connectivity index (χ4v) is 3.65. The number of nitrogens with one attached hydrogen (secondary N) is 1. The molecule has 0 bridgehead atoms. The summed E-state index contributed by atoms with van der Waals surface area (Å²) in [5.41, 5.74) is 1.64. The van der Waals surface area contributed by atoms with Crippen molar-refractivity contribution in [3.05, 3.63) is 70.7 Å². The summed E-state index contributed by atoms with van der Waals surface area (Å²) in [6.45, 7) is 3.62. The second kappa shape index (κ2) is 8.37. The van der Waals surface area contributed by atoms with Crippen LogP contribution in [0.15, 0.2) is 54.6 Å². The molecule has 26 heavy (non-hydrogen) atoms. The average Bonchev–Trinajstić information content (AvgIpc) is 3.11. The molecule has 0 unspecified atom stereocenters. The molecule has 1 aliphatic rings. The van der Waals surface area contributed by atoms with E-state index in [1.54, 1.807) is 29.2 Å². The molecule has 1 N–H and O–H groups in total. The van der Waals surface area contributed by atoms with Gasteiger partial charge in [-0.2, -0.15) is 0 Å². The van der Waals surface area contributed by atoms with Crippen LogP contribution in [0.2, 0.25) is 5.02 Å². The van der Waals surface area contributed by atoms with Gasteiger partial charge in [0.2, 0.25) is 5.91 Å². The second-order valence-corrected chi connectivity index (χ2v) is 7.07. The monoisotopic (exact) mass is 370 g/mol. The van der Waals surface area contributed by atoms with E-state index >= 15 is 0 Å². The highest BCUT2D eigenvalue weighted by Gasteiger charge is 2.40. The Morgan fingerprint density at radius 3 is 2.58 bits per heavy atom. The molecular weight excluding hydrogens is 348 g/mol. The summed E-state index contributed by atoms with van der Waals surface area (Å²) in [5.74, 6) is -0.315. The lowest BCUT2D eigenvalue weighted by atomic mass is 9.88. The average molecular weight is 371 g/mol. The number of hydrogen-bond acceptors (Lipinski definition) is 2. The summed E-state index contributed by atoms with van der Waals surface area (Å²) in [6.07, 6.45) is 0.889. The van der Waals surface area contributed by atoms with Crippen molar-refractivity contribution in [2.45, 2.75) is 19.3 Å². The molecule has 0 spiro atoms. The van der Waals surface area contributed by atoms with Crippen LogP contribution in [-0.2, 0) is 4.79 Å². The first-order valence-corrected chi connectivity index (χ1v) is 9.35. The van der Waals surface area contributed by atoms with Crippen LogP contribution in [0.1, 0.15) is 35.2 Å². The van der Waals surface area contributed by atoms with E-state index in [0.29, 0.717) is 30.2 Å². The lowest BCUT2D eigenvalue weighted by molar-refractivity contribution is -0.124. The molecule has 1 saturated heterocycles. The number of likely N-dealkylation sites (tertiary alicyclic amines) is 1. The van der Waals surface area contributed by atoms with Crippen LogP contribution in [-0.4, -0.2) is 36.3 Å². The van der Waals surface area contributed by atoms with Crippen LogP contribution in [0.25, 0.3) is 0 Å². The van der Waals surface area contributed by atoms with Gasteiger partial charge in [0.05, 0.1) is 5.92 Å². The normalized spacial score (nSPS) is 19.4. The van der Waals surface area contributed by atoms with Crippen LogP contribution in [0.3, 0.4) is 0 Å². The van der Waals surface area contributed by atoms with Gasteiger partial charge in [-0.3, -0.25) is 9.59 Å². The number of nitrogens with zero attached hydrogens (tertiary/aromatic N) is 1. The number of halogens is 1. The molecule has 3 rings (SSSR count). The summed E-state index contributed by atoms with van der Waals surface area (Å²) in [6, 6.07) is 16.9. The number of hydrogen-bond donors (Lipinski definition) is 1. The van der Waals surface area contributed by atoms with E-state index in [1.165, 1.54) is 0 Å². The highest BCUT2D eigenvalue weighted by molar-refractivity contribution is 6.30. The second-order valence-electron chi connectivity index (χ2n) is 6.64. The lowest BCUT2D eigenvalue weighted by Gasteiger charge is -2.17. The number of rotatable bonds is 5. The van der Waals surface area contributed by atoms with Gasteiger partial charge in [0, 0.05) is 36.1 Å². The molecule has 2 aromatic rings. The van der Waals surface area contributed by atoms with Crippen molar-refractivity contribution >= 4 is 23.4 Å². The Morgan fingerprint density at radius 1 is 1.12 bits per heavy atom. The molecular formula is C21H23ClN2O2. The van der Waals surface area contributed by atoms with Gasteiger partial charge in [0.25, 0.3) is 5.91 Å². The third kappa shape index (κ3) is 4.07. The maximum atomic E-state index is 12.9. The Hall–Kier alpha value is -2.33. The quantitative estimate of drug-likeness (QED) is 0.871. The van der Waals surface area contributed by atoms with Crippen molar-refractivity contribution in [2.75, 3.05) is 19.6 Å². The highest BCUT2D eigenvalue weighted by atomic mass is 35.5. The van der Waals surface area contributed by atoms with Crippen LogP contribution in [0, 0.1) is 5.92 Å². The van der Waals surface area contributed by atoms with E-state index in [9.17, 15) is 9.59 Å². The zero-order valence-corrected chi connectivity index (χ0v) is 15.6. The first kappa shape index (κ1) is 18.5. The van der Waals surface area contributed by atoms with E-state index in [0.717, 1.165) is 12.0 Å². The Kier molecular flexibility index (Phi) is 5.94. The number of carbonyl (C=O) groups is 2. The summed E-state index contributed by atoms with van der Waals surface area (Å²) in [7, 11) is 0. The Balaban J connectivity index is 1.83. The maximum absolute atomic E-state index is 12.9. The van der Waals surface area contributed by atoms with Crippen LogP contribution < -0.4 is 5.32 Å². The van der Waals surface area contributed by atoms with Crippen molar-refractivity contribution in [3.8, 4) is 0 Å². The van der Waals surface area contributed by atoms with Crippen molar-refractivity contribution < 1.29 is 9.59 Å². The maximum Gasteiger partial charge on any atom is 0.253 e. The third-order valence-corrected chi connectivity index (χ3v) is 5.03. The van der Waals surface area contributed by atoms with Gasteiger partial charge in [-0.15, -0.1) is 0 Å². The minimum absolute atomic E-state index is 0.00353. The minimum atomic E-state index is -0.243. The fraction of sp³-hybridized carbons (Fsp3) is 0.333. The first-order chi connectivity index (χ1) is 12.6. The van der Waals surface area contributed by atoms with Gasteiger partial charge < -0.3 is 10.2 Å². The Bertz CT molecular complexity index is 779. The predicted molar refractivity (Wildman–Crippen MR) is 103 cm³/mol. The number of amides is 2. The molecule has 0 aliphatic carbocycles. The molecule has 1 fully saturated rings. The fourth-order valence-electron chi connectivity index (χ4n) is 3.46. The van der Waals surface area contributed by atoms with Crippen molar-refractivity contribution in [2.24, 2.45) is 5.92 Å². The van der Waals surface area contributed by atoms with Crippen LogP contribution >= 0.6 is 11.6 Å². The molecule has 2 amide bonds. The largest absolute Gasteiger partial charge is 0.356 e. The minimum Gasteiger partial charge on any atom is -0.356 e. The number of carbonyl (C=O) groups excluding carboxylic acids is 2. The van der Waals surface area contributed by atoms with E-state index in [-0.39, 0.29) is 23.7 Å². The van der Waals surface area contributed by atoms with E-state index in [4.69, 9.17) is 11.6 Å². The van der Waals surface area contributed by atoms with Gasteiger partial charge in [-0.05, 0) is 30.2 Å². The van der Waals surface area contributed by atoms with Gasteiger partial charge in [-0.25, -0.2) is 0 Å². The zero-order chi connectivity index (χ0) is 18.5. The van der Waals surface area contributed by atoms with E-state index in [1.807, 2.05) is 37.3 Å². The van der Waals surface area contributed by atoms with E-state index in [2.05, 4.69) is 5.32 Å². The smallest absolute Gasteiger partial charge is 0.253 e. The molecule has 1 heterocycles. The lowest BCUT2D eigenvalue weighted by Crippen LogP contribution is -2.36. The molecule has 2 aromatic carbocycles. The van der Waals surface area contributed by atoms with E-state index < -0.39 is 0 Å². The molecule has 136 valence electrons. The molecule has 4 nitrogen and oxygen atoms in total. The summed E-state index contributed by atoms with van der Waals surface area (Å²) >= 11 is 6.02. The number of benzene rings is 2. The summed E-state index contributed by atoms with van der Waals surface area (Å²) < 4.78 is 0. The molecule has 0 radical (unpaired) electrons. The first-order valence-electron chi connectivity index (χ1n) is 8.97. The SMILES string of the molecule is CCCNC(=O)[C@H]1CN(C(=O)c2cccc(Cl)c2)C[C@@H]1c1ccccc1. The van der Waals surface area contributed by atoms with Gasteiger partial charge >= 0.3 is 0 Å². The third-order valence-electron chi connectivity index (χ3n) is 4.79. The molecule has 1 aliphatic heterocycles. The molecule has 2 atom stereocenters. The molecule has 0 aromatic heterocycles. The Morgan fingerprint density at radius 2 is 1.88 bits per heavy atom. The van der Waals surface area contributed by atoms with Gasteiger partial charge in [-0.1, -0.05) is 54.9 Å². The molecule has 0 saturated carbocycles. The molecule has 5 heteroatoms. The topological polar surface area (TPSA) is 49.4 Å². The van der Waals surface area contributed by atoms with Gasteiger partial charge in [0.1, 0.15) is 0 Å². The van der Waals surface area contributed by atoms with Crippen molar-refractivity contribution in [1.82, 2.24) is 10.2 Å². The highest BCUT2D eigenvalue weighted by Crippen LogP contribution is 2.33. The standard InChI is InChI=1S/C21H23ClN2O2/c1-2-11-23-20(25)19-14-24(13-18(19)15-7-4-3-5-8-15)21(26)16-9-6-10-17(22)12-16/h3-10,12,18-19H,2,11,13-14H2,1H3,(H,23,25)/t18-,19+/m1/s1. The van der Waals surface area contributed by atoms with Gasteiger partial charge in [0.15, 0.2) is 0 Å². The zero-order valence-electron chi connectivity index (χ0n) is 14.8. The predicted octanol–water partition coefficient (Wildman–Crippen LogP) is 3.72. The van der Waals surface area contributed by atoms with Crippen LogP contribution in [0.5, 0.6) is 0 Å². The van der Waals surface area contributed by atoms with Crippen LogP contribution in [0.4, 0.5) is 0 Å². The van der Waals surface area contributed by atoms with Crippen molar-refractivity contribution in [1.29, 1.82) is 0 Å².